The fourth-order valence-electron chi connectivity index (χ4n) is 4.80. The maximum absolute atomic E-state index is 13.3. The number of nitrogens with one attached hydrogen (secondary N) is 2. The van der Waals surface area contributed by atoms with Crippen LogP contribution in [-0.4, -0.2) is 22.9 Å². The van der Waals surface area contributed by atoms with Crippen molar-refractivity contribution < 1.29 is 23.5 Å². The molecule has 198 valence electrons. The summed E-state index contributed by atoms with van der Waals surface area (Å²) in [6.07, 6.45) is 6.23. The molecule has 4 N–H and O–H groups in total. The van der Waals surface area contributed by atoms with Gasteiger partial charge in [-0.05, 0) is 65.3 Å². The van der Waals surface area contributed by atoms with Gasteiger partial charge in [0.05, 0.1) is 0 Å². The second kappa shape index (κ2) is 12.8. The number of benzene rings is 2. The van der Waals surface area contributed by atoms with Gasteiger partial charge in [0.25, 0.3) is 0 Å². The van der Waals surface area contributed by atoms with Gasteiger partial charge in [0.2, 0.25) is 11.8 Å². The Kier molecular flexibility index (Phi) is 9.02. The van der Waals surface area contributed by atoms with E-state index < -0.39 is 23.9 Å². The number of pyridine rings is 1. The summed E-state index contributed by atoms with van der Waals surface area (Å²) in [5, 5.41) is 5.49. The minimum atomic E-state index is -1.03. The molecule has 1 aromatic heterocycles. The van der Waals surface area contributed by atoms with Gasteiger partial charge >= 0.3 is 6.09 Å². The topological polar surface area (TPSA) is 123 Å². The third-order valence-electron chi connectivity index (χ3n) is 6.84. The lowest BCUT2D eigenvalue weighted by atomic mass is 9.74. The maximum Gasteiger partial charge on any atom is 0.407 e. The molecule has 0 aliphatic heterocycles. The number of ether oxygens (including phenoxy) is 1. The molecule has 38 heavy (non-hydrogen) atoms. The molecule has 8 nitrogen and oxygen atoms in total. The first kappa shape index (κ1) is 26.8. The van der Waals surface area contributed by atoms with Gasteiger partial charge in [0.1, 0.15) is 18.5 Å². The van der Waals surface area contributed by atoms with Crippen LogP contribution in [0.4, 0.5) is 9.18 Å². The van der Waals surface area contributed by atoms with Crippen molar-refractivity contribution in [3.8, 4) is 0 Å². The summed E-state index contributed by atoms with van der Waals surface area (Å²) in [6, 6.07) is 15.6. The van der Waals surface area contributed by atoms with Crippen LogP contribution in [0.5, 0.6) is 0 Å². The Labute approximate surface area is 220 Å². The highest BCUT2D eigenvalue weighted by Crippen LogP contribution is 2.38. The number of rotatable bonds is 9. The van der Waals surface area contributed by atoms with E-state index in [1.54, 1.807) is 12.4 Å². The number of primary amides is 1. The van der Waals surface area contributed by atoms with Gasteiger partial charge < -0.3 is 21.1 Å². The minimum absolute atomic E-state index is 0.0240. The summed E-state index contributed by atoms with van der Waals surface area (Å²) in [7, 11) is 0. The maximum atomic E-state index is 13.3. The molecule has 0 radical (unpaired) electrons. The molecule has 0 unspecified atom stereocenters. The average molecular weight is 519 g/mol. The van der Waals surface area contributed by atoms with Crippen LogP contribution in [0, 0.1) is 11.7 Å². The highest BCUT2D eigenvalue weighted by atomic mass is 19.1. The van der Waals surface area contributed by atoms with E-state index in [1.165, 1.54) is 24.3 Å². The zero-order valence-electron chi connectivity index (χ0n) is 20.9. The van der Waals surface area contributed by atoms with Crippen LogP contribution in [0.25, 0.3) is 0 Å². The molecule has 9 heteroatoms. The number of amides is 3. The van der Waals surface area contributed by atoms with Crippen molar-refractivity contribution in [1.82, 2.24) is 15.6 Å². The molecule has 3 aromatic rings. The molecule has 0 saturated heterocycles. The van der Waals surface area contributed by atoms with Crippen molar-refractivity contribution >= 4 is 17.9 Å². The molecule has 0 bridgehead atoms. The lowest BCUT2D eigenvalue weighted by Crippen LogP contribution is -2.42. The van der Waals surface area contributed by atoms with Crippen molar-refractivity contribution in [2.24, 2.45) is 11.7 Å². The number of hydrogen-bond donors (Lipinski definition) is 3. The van der Waals surface area contributed by atoms with E-state index in [2.05, 4.69) is 15.6 Å². The second-order valence-electron chi connectivity index (χ2n) is 9.42. The van der Waals surface area contributed by atoms with E-state index >= 15 is 0 Å². The Morgan fingerprint density at radius 1 is 0.947 bits per heavy atom. The van der Waals surface area contributed by atoms with Gasteiger partial charge in [-0.1, -0.05) is 49.2 Å². The molecular weight excluding hydrogens is 487 g/mol. The molecular formula is C29H31FN4O4. The van der Waals surface area contributed by atoms with Crippen LogP contribution in [0.3, 0.4) is 0 Å². The van der Waals surface area contributed by atoms with Crippen LogP contribution < -0.4 is 16.4 Å². The molecule has 1 aliphatic carbocycles. The number of nitrogens with two attached hydrogens (primary N) is 1. The largest absolute Gasteiger partial charge is 0.445 e. The Morgan fingerprint density at radius 2 is 1.63 bits per heavy atom. The van der Waals surface area contributed by atoms with Crippen LogP contribution in [0.2, 0.25) is 0 Å². The normalized spacial score (nSPS) is 17.7. The van der Waals surface area contributed by atoms with Gasteiger partial charge in [-0.2, -0.15) is 0 Å². The smallest absolute Gasteiger partial charge is 0.407 e. The predicted molar refractivity (Wildman–Crippen MR) is 139 cm³/mol. The van der Waals surface area contributed by atoms with Gasteiger partial charge in [-0.3, -0.25) is 14.6 Å². The first-order valence-electron chi connectivity index (χ1n) is 12.6. The quantitative estimate of drug-likeness (QED) is 0.391. The highest BCUT2D eigenvalue weighted by Gasteiger charge is 2.34. The van der Waals surface area contributed by atoms with Gasteiger partial charge in [0.15, 0.2) is 0 Å². The number of nitrogens with zero attached hydrogens (tertiary/aromatic N) is 1. The van der Waals surface area contributed by atoms with E-state index in [-0.39, 0.29) is 24.3 Å². The van der Waals surface area contributed by atoms with Crippen LogP contribution >= 0.6 is 0 Å². The lowest BCUT2D eigenvalue weighted by molar-refractivity contribution is -0.131. The summed E-state index contributed by atoms with van der Waals surface area (Å²) in [4.78, 5) is 41.3. The molecule has 2 aromatic carbocycles. The molecule has 1 fully saturated rings. The van der Waals surface area contributed by atoms with E-state index in [4.69, 9.17) is 10.5 Å². The number of alkyl carbamates (subject to hydrolysis) is 1. The molecule has 0 spiro atoms. The van der Waals surface area contributed by atoms with Crippen molar-refractivity contribution in [3.05, 3.63) is 101 Å². The predicted octanol–water partition coefficient (Wildman–Crippen LogP) is 4.26. The van der Waals surface area contributed by atoms with E-state index in [0.717, 1.165) is 36.0 Å². The fourth-order valence-corrected chi connectivity index (χ4v) is 4.80. The van der Waals surface area contributed by atoms with E-state index in [9.17, 15) is 18.8 Å². The standard InChI is InChI=1S/C29H31FN4O4/c30-23-11-9-22(10-12-23)26(27(31)35)34-28(36)25-4-2-1-3-24(25)21-7-5-20(6-8-21)18-38-29(37)33-17-19-13-15-32-16-14-19/h5-16,24-26H,1-4,17-18H2,(H2,31,35)(H,33,37)(H,34,36)/t24-,25+,26-/m0/s1. The zero-order chi connectivity index (χ0) is 26.9. The van der Waals surface area contributed by atoms with Crippen LogP contribution in [0.15, 0.2) is 73.1 Å². The number of halogens is 1. The first-order valence-corrected chi connectivity index (χ1v) is 12.6. The number of carbonyl (C=O) groups is 3. The average Bonchev–Trinajstić information content (AvgIpc) is 2.95. The Morgan fingerprint density at radius 3 is 2.32 bits per heavy atom. The molecule has 4 rings (SSSR count). The Balaban J connectivity index is 1.35. The SMILES string of the molecule is NC(=O)[C@@H](NC(=O)[C@@H]1CCCC[C@H]1c1ccc(COC(=O)NCc2ccncc2)cc1)c1ccc(F)cc1. The van der Waals surface area contributed by atoms with Gasteiger partial charge in [-0.25, -0.2) is 9.18 Å². The number of aromatic nitrogens is 1. The highest BCUT2D eigenvalue weighted by molar-refractivity contribution is 5.89. The Bertz CT molecular complexity index is 1240. The third-order valence-corrected chi connectivity index (χ3v) is 6.84. The van der Waals surface area contributed by atoms with E-state index in [0.29, 0.717) is 18.5 Å². The van der Waals surface area contributed by atoms with Gasteiger partial charge in [0, 0.05) is 24.9 Å². The van der Waals surface area contributed by atoms with Crippen LogP contribution in [0.1, 0.15) is 59.9 Å². The fraction of sp³-hybridized carbons (Fsp3) is 0.310. The van der Waals surface area contributed by atoms with Crippen molar-refractivity contribution in [2.75, 3.05) is 0 Å². The van der Waals surface area contributed by atoms with Gasteiger partial charge in [-0.15, -0.1) is 0 Å². The van der Waals surface area contributed by atoms with Crippen LogP contribution in [-0.2, 0) is 27.5 Å². The summed E-state index contributed by atoms with van der Waals surface area (Å²) in [6.45, 7) is 0.470. The number of hydrogen-bond acceptors (Lipinski definition) is 5. The van der Waals surface area contributed by atoms with E-state index in [1.807, 2.05) is 36.4 Å². The Hall–Kier alpha value is -4.27. The first-order chi connectivity index (χ1) is 18.4. The summed E-state index contributed by atoms with van der Waals surface area (Å²) >= 11 is 0. The van der Waals surface area contributed by atoms with Crippen molar-refractivity contribution in [2.45, 2.75) is 50.8 Å². The molecule has 1 aliphatic rings. The summed E-state index contributed by atoms with van der Waals surface area (Å²) < 4.78 is 18.6. The van der Waals surface area contributed by atoms with Crippen molar-refractivity contribution in [1.29, 1.82) is 0 Å². The second-order valence-corrected chi connectivity index (χ2v) is 9.42. The monoisotopic (exact) mass is 518 g/mol. The number of carbonyl (C=O) groups excluding carboxylic acids is 3. The summed E-state index contributed by atoms with van der Waals surface area (Å²) in [5.74, 6) is -1.74. The zero-order valence-corrected chi connectivity index (χ0v) is 20.9. The summed E-state index contributed by atoms with van der Waals surface area (Å²) in [5.41, 5.74) is 8.75. The third kappa shape index (κ3) is 7.15. The molecule has 3 atom stereocenters. The van der Waals surface area contributed by atoms with Crippen molar-refractivity contribution in [3.63, 3.8) is 0 Å². The lowest BCUT2D eigenvalue weighted by Gasteiger charge is -2.32. The molecule has 3 amide bonds. The molecule has 1 saturated carbocycles. The minimum Gasteiger partial charge on any atom is -0.445 e. The molecule has 1 heterocycles.